The number of rotatable bonds is 5. The second kappa shape index (κ2) is 6.36. The summed E-state index contributed by atoms with van der Waals surface area (Å²) in [6.45, 7) is 9.01. The van der Waals surface area contributed by atoms with Crippen LogP contribution in [0.2, 0.25) is 0 Å². The predicted molar refractivity (Wildman–Crippen MR) is 75.0 cm³/mol. The van der Waals surface area contributed by atoms with E-state index in [9.17, 15) is 0 Å². The first-order valence-corrected chi connectivity index (χ1v) is 7.61. The van der Waals surface area contributed by atoms with Crippen LogP contribution in [0, 0.1) is 5.92 Å². The van der Waals surface area contributed by atoms with Crippen LogP contribution >= 0.6 is 11.3 Å². The number of aryl methyl sites for hydroxylation is 1. The van der Waals surface area contributed by atoms with Crippen LogP contribution in [0.4, 0.5) is 5.13 Å². The number of nitrogens with one attached hydrogen (secondary N) is 1. The maximum absolute atomic E-state index is 4.69. The second-order valence-electron chi connectivity index (χ2n) is 4.71. The summed E-state index contributed by atoms with van der Waals surface area (Å²) in [7, 11) is 0. The molecule has 0 aliphatic carbocycles. The molecule has 0 saturated carbocycles. The van der Waals surface area contributed by atoms with Crippen molar-refractivity contribution in [2.75, 3.05) is 31.1 Å². The van der Waals surface area contributed by atoms with Crippen LogP contribution in [-0.2, 0) is 6.42 Å². The van der Waals surface area contributed by atoms with Crippen LogP contribution in [0.3, 0.4) is 0 Å². The average molecular weight is 253 g/mol. The predicted octanol–water partition coefficient (Wildman–Crippen LogP) is 2.53. The molecular formula is C13H23N3S. The number of hydrogen-bond donors (Lipinski definition) is 1. The Morgan fingerprint density at radius 1 is 1.41 bits per heavy atom. The van der Waals surface area contributed by atoms with Gasteiger partial charge >= 0.3 is 0 Å². The molecule has 0 radical (unpaired) electrons. The summed E-state index contributed by atoms with van der Waals surface area (Å²) < 4.78 is 0. The largest absolute Gasteiger partial charge is 0.348 e. The van der Waals surface area contributed by atoms with Crippen molar-refractivity contribution in [3.63, 3.8) is 0 Å². The van der Waals surface area contributed by atoms with Crippen LogP contribution in [-0.4, -0.2) is 31.2 Å². The highest BCUT2D eigenvalue weighted by Gasteiger charge is 2.18. The first-order chi connectivity index (χ1) is 8.33. The summed E-state index contributed by atoms with van der Waals surface area (Å²) in [4.78, 5) is 7.14. The van der Waals surface area contributed by atoms with Gasteiger partial charge in [-0.1, -0.05) is 6.92 Å². The molecule has 0 bridgehead atoms. The number of piperidine rings is 1. The molecule has 1 saturated heterocycles. The van der Waals surface area contributed by atoms with E-state index in [2.05, 4.69) is 29.4 Å². The van der Waals surface area contributed by atoms with Crippen molar-refractivity contribution < 1.29 is 0 Å². The van der Waals surface area contributed by atoms with Gasteiger partial charge < -0.3 is 10.2 Å². The number of hydrogen-bond acceptors (Lipinski definition) is 4. The smallest absolute Gasteiger partial charge is 0.185 e. The lowest BCUT2D eigenvalue weighted by molar-refractivity contribution is 0.374. The van der Waals surface area contributed by atoms with Gasteiger partial charge in [-0.05, 0) is 45.2 Å². The van der Waals surface area contributed by atoms with Gasteiger partial charge in [0.05, 0.1) is 5.69 Å². The lowest BCUT2D eigenvalue weighted by Gasteiger charge is -2.29. The Balaban J connectivity index is 1.95. The molecular weight excluding hydrogens is 230 g/mol. The molecule has 3 nitrogen and oxygen atoms in total. The number of nitrogens with zero attached hydrogens (tertiary/aromatic N) is 2. The molecule has 4 heteroatoms. The monoisotopic (exact) mass is 253 g/mol. The zero-order valence-electron chi connectivity index (χ0n) is 10.9. The van der Waals surface area contributed by atoms with Crippen molar-refractivity contribution in [3.8, 4) is 0 Å². The van der Waals surface area contributed by atoms with E-state index in [1.807, 2.05) is 0 Å². The molecule has 0 spiro atoms. The van der Waals surface area contributed by atoms with Gasteiger partial charge in [-0.15, -0.1) is 11.3 Å². The van der Waals surface area contributed by atoms with Gasteiger partial charge in [-0.2, -0.15) is 0 Å². The molecule has 96 valence electrons. The zero-order chi connectivity index (χ0) is 12.1. The third-order valence-corrected chi connectivity index (χ3v) is 4.44. The van der Waals surface area contributed by atoms with E-state index < -0.39 is 0 Å². The third kappa shape index (κ3) is 3.42. The minimum Gasteiger partial charge on any atom is -0.348 e. The van der Waals surface area contributed by atoms with Crippen molar-refractivity contribution in [3.05, 3.63) is 11.1 Å². The summed E-state index contributed by atoms with van der Waals surface area (Å²) in [5.41, 5.74) is 1.23. The minimum absolute atomic E-state index is 0.838. The van der Waals surface area contributed by atoms with Crippen LogP contribution in [0.1, 0.15) is 32.4 Å². The average Bonchev–Trinajstić information content (AvgIpc) is 2.86. The Hall–Kier alpha value is -0.610. The first kappa shape index (κ1) is 12.8. The molecule has 1 aromatic heterocycles. The lowest BCUT2D eigenvalue weighted by atomic mass is 9.98. The van der Waals surface area contributed by atoms with Crippen molar-refractivity contribution >= 4 is 16.5 Å². The van der Waals surface area contributed by atoms with Crippen LogP contribution in [0.5, 0.6) is 0 Å². The van der Waals surface area contributed by atoms with E-state index in [-0.39, 0.29) is 0 Å². The molecule has 1 aliphatic heterocycles. The van der Waals surface area contributed by atoms with Crippen molar-refractivity contribution in [1.82, 2.24) is 10.3 Å². The Kier molecular flexibility index (Phi) is 4.80. The minimum atomic E-state index is 0.838. The molecule has 1 aromatic rings. The topological polar surface area (TPSA) is 28.2 Å². The molecule has 1 N–H and O–H groups in total. The summed E-state index contributed by atoms with van der Waals surface area (Å²) in [6.07, 6.45) is 3.66. The molecule has 0 amide bonds. The van der Waals surface area contributed by atoms with E-state index in [0.29, 0.717) is 0 Å². The van der Waals surface area contributed by atoms with Crippen molar-refractivity contribution in [2.45, 2.75) is 33.1 Å². The van der Waals surface area contributed by atoms with Crippen LogP contribution < -0.4 is 10.2 Å². The van der Waals surface area contributed by atoms with E-state index in [0.717, 1.165) is 18.9 Å². The van der Waals surface area contributed by atoms with E-state index in [1.54, 1.807) is 11.3 Å². The molecule has 2 rings (SSSR count). The fourth-order valence-corrected chi connectivity index (χ4v) is 3.31. The second-order valence-corrected chi connectivity index (χ2v) is 5.54. The van der Waals surface area contributed by atoms with Gasteiger partial charge in [0.1, 0.15) is 0 Å². The quantitative estimate of drug-likeness (QED) is 0.874. The van der Waals surface area contributed by atoms with Gasteiger partial charge in [0.2, 0.25) is 0 Å². The maximum Gasteiger partial charge on any atom is 0.185 e. The van der Waals surface area contributed by atoms with E-state index in [4.69, 9.17) is 4.98 Å². The highest BCUT2D eigenvalue weighted by Crippen LogP contribution is 2.23. The first-order valence-electron chi connectivity index (χ1n) is 6.73. The van der Waals surface area contributed by atoms with Gasteiger partial charge in [0.25, 0.3) is 0 Å². The normalized spacial score (nSPS) is 17.3. The molecule has 0 unspecified atom stereocenters. The van der Waals surface area contributed by atoms with Gasteiger partial charge in [0, 0.05) is 18.5 Å². The van der Waals surface area contributed by atoms with Crippen molar-refractivity contribution in [1.29, 1.82) is 0 Å². The SMILES string of the molecule is CCc1csc(N(CC)CC2CCNCC2)n1. The van der Waals surface area contributed by atoms with Crippen LogP contribution in [0.15, 0.2) is 5.38 Å². The number of aromatic nitrogens is 1. The molecule has 1 fully saturated rings. The molecule has 0 atom stereocenters. The summed E-state index contributed by atoms with van der Waals surface area (Å²) >= 11 is 1.79. The lowest BCUT2D eigenvalue weighted by Crippen LogP contribution is -2.36. The van der Waals surface area contributed by atoms with Gasteiger partial charge in [0.15, 0.2) is 5.13 Å². The van der Waals surface area contributed by atoms with Gasteiger partial charge in [-0.3, -0.25) is 0 Å². The molecule has 2 heterocycles. The fourth-order valence-electron chi connectivity index (χ4n) is 2.32. The Bertz CT molecular complexity index is 331. The fraction of sp³-hybridized carbons (Fsp3) is 0.769. The summed E-state index contributed by atoms with van der Waals surface area (Å²) in [6, 6.07) is 0. The van der Waals surface area contributed by atoms with E-state index in [1.165, 1.54) is 43.3 Å². The van der Waals surface area contributed by atoms with Crippen molar-refractivity contribution in [2.24, 2.45) is 5.92 Å². The molecule has 0 aromatic carbocycles. The Morgan fingerprint density at radius 2 is 2.18 bits per heavy atom. The third-order valence-electron chi connectivity index (χ3n) is 3.49. The highest BCUT2D eigenvalue weighted by molar-refractivity contribution is 7.13. The molecule has 1 aliphatic rings. The summed E-state index contributed by atoms with van der Waals surface area (Å²) in [5.74, 6) is 0.838. The zero-order valence-corrected chi connectivity index (χ0v) is 11.7. The maximum atomic E-state index is 4.69. The van der Waals surface area contributed by atoms with E-state index >= 15 is 0 Å². The standard InChI is InChI=1S/C13H23N3S/c1-3-12-10-17-13(15-12)16(4-2)9-11-5-7-14-8-6-11/h10-11,14H,3-9H2,1-2H3. The number of thiazole rings is 1. The highest BCUT2D eigenvalue weighted by atomic mass is 32.1. The van der Waals surface area contributed by atoms with Crippen LogP contribution in [0.25, 0.3) is 0 Å². The Labute approximate surface area is 108 Å². The Morgan fingerprint density at radius 3 is 2.76 bits per heavy atom. The van der Waals surface area contributed by atoms with Gasteiger partial charge in [-0.25, -0.2) is 4.98 Å². The summed E-state index contributed by atoms with van der Waals surface area (Å²) in [5, 5.41) is 6.83. The molecule has 17 heavy (non-hydrogen) atoms. The number of anilines is 1.